The molecule has 0 saturated carbocycles. The second-order valence-electron chi connectivity index (χ2n) is 5.68. The van der Waals surface area contributed by atoms with Crippen molar-refractivity contribution in [3.63, 3.8) is 0 Å². The molecule has 1 aromatic heterocycles. The molecule has 5 nitrogen and oxygen atoms in total. The topological polar surface area (TPSA) is 60.2 Å². The van der Waals surface area contributed by atoms with Gasteiger partial charge >= 0.3 is 0 Å². The van der Waals surface area contributed by atoms with Crippen LogP contribution in [0.25, 0.3) is 0 Å². The Bertz CT molecular complexity index is 401. The van der Waals surface area contributed by atoms with E-state index in [-0.39, 0.29) is 6.04 Å². The van der Waals surface area contributed by atoms with E-state index in [4.69, 9.17) is 9.26 Å². The number of hydrogen-bond acceptors (Lipinski definition) is 5. The zero-order valence-corrected chi connectivity index (χ0v) is 11.6. The molecule has 3 heterocycles. The first-order valence-corrected chi connectivity index (χ1v) is 7.51. The maximum atomic E-state index is 5.49. The quantitative estimate of drug-likeness (QED) is 0.909. The van der Waals surface area contributed by atoms with Crippen LogP contribution in [0.5, 0.6) is 0 Å². The van der Waals surface area contributed by atoms with Crippen LogP contribution in [0.3, 0.4) is 0 Å². The van der Waals surface area contributed by atoms with Crippen molar-refractivity contribution < 1.29 is 9.26 Å². The van der Waals surface area contributed by atoms with Crippen LogP contribution in [0.15, 0.2) is 4.52 Å². The van der Waals surface area contributed by atoms with Crippen molar-refractivity contribution in [2.75, 3.05) is 19.8 Å². The van der Waals surface area contributed by atoms with Crippen molar-refractivity contribution >= 4 is 0 Å². The molecule has 0 aliphatic carbocycles. The summed E-state index contributed by atoms with van der Waals surface area (Å²) in [5, 5.41) is 7.68. The highest BCUT2D eigenvalue weighted by Crippen LogP contribution is 2.30. The Balaban J connectivity index is 1.66. The first kappa shape index (κ1) is 13.1. The van der Waals surface area contributed by atoms with Crippen LogP contribution in [-0.2, 0) is 4.74 Å². The number of hydrogen-bond donors (Lipinski definition) is 1. The van der Waals surface area contributed by atoms with E-state index in [1.807, 2.05) is 0 Å². The summed E-state index contributed by atoms with van der Waals surface area (Å²) >= 11 is 0. The van der Waals surface area contributed by atoms with Gasteiger partial charge in [0.1, 0.15) is 0 Å². The van der Waals surface area contributed by atoms with Gasteiger partial charge in [0.25, 0.3) is 0 Å². The lowest BCUT2D eigenvalue weighted by Crippen LogP contribution is -2.31. The minimum Gasteiger partial charge on any atom is -0.381 e. The van der Waals surface area contributed by atoms with Crippen LogP contribution in [0.1, 0.15) is 62.7 Å². The zero-order chi connectivity index (χ0) is 13.1. The van der Waals surface area contributed by atoms with E-state index in [9.17, 15) is 0 Å². The standard InChI is InChI=1S/C14H23N3O2/c1-2-10-3-6-15-12(9-10)14-16-13(17-19-14)11-4-7-18-8-5-11/h10-12,15H,2-9H2,1H3. The molecule has 2 atom stereocenters. The van der Waals surface area contributed by atoms with Gasteiger partial charge in [0, 0.05) is 19.1 Å². The minimum atomic E-state index is 0.250. The van der Waals surface area contributed by atoms with Crippen LogP contribution < -0.4 is 5.32 Å². The van der Waals surface area contributed by atoms with Crippen molar-refractivity contribution in [1.29, 1.82) is 0 Å². The molecular weight excluding hydrogens is 242 g/mol. The Kier molecular flexibility index (Phi) is 4.13. The molecule has 2 fully saturated rings. The molecule has 1 N–H and O–H groups in total. The molecule has 0 spiro atoms. The molecule has 2 aliphatic heterocycles. The van der Waals surface area contributed by atoms with Gasteiger partial charge in [-0.3, -0.25) is 0 Å². The molecule has 0 aromatic carbocycles. The highest BCUT2D eigenvalue weighted by Gasteiger charge is 2.28. The van der Waals surface area contributed by atoms with E-state index in [0.717, 1.165) is 56.7 Å². The predicted molar refractivity (Wildman–Crippen MR) is 70.9 cm³/mol. The summed E-state index contributed by atoms with van der Waals surface area (Å²) in [6.07, 6.45) is 5.63. The number of aromatic nitrogens is 2. The molecule has 1 aromatic rings. The third-order valence-corrected chi connectivity index (χ3v) is 4.43. The summed E-state index contributed by atoms with van der Waals surface area (Å²) in [6.45, 7) is 4.94. The predicted octanol–water partition coefficient (Wildman–Crippen LogP) is 2.41. The molecule has 0 bridgehead atoms. The van der Waals surface area contributed by atoms with Crippen molar-refractivity contribution in [2.24, 2.45) is 5.92 Å². The minimum absolute atomic E-state index is 0.250. The number of nitrogens with one attached hydrogen (secondary N) is 1. The summed E-state index contributed by atoms with van der Waals surface area (Å²) in [6, 6.07) is 0.250. The van der Waals surface area contributed by atoms with E-state index < -0.39 is 0 Å². The Morgan fingerprint density at radius 1 is 1.26 bits per heavy atom. The number of ether oxygens (including phenoxy) is 1. The molecule has 106 valence electrons. The fourth-order valence-corrected chi connectivity index (χ4v) is 3.07. The molecule has 2 saturated heterocycles. The van der Waals surface area contributed by atoms with Gasteiger partial charge in [-0.15, -0.1) is 0 Å². The van der Waals surface area contributed by atoms with Gasteiger partial charge in [-0.2, -0.15) is 4.98 Å². The lowest BCUT2D eigenvalue weighted by Gasteiger charge is -2.27. The Morgan fingerprint density at radius 3 is 2.89 bits per heavy atom. The molecule has 19 heavy (non-hydrogen) atoms. The van der Waals surface area contributed by atoms with Crippen LogP contribution in [0.4, 0.5) is 0 Å². The number of nitrogens with zero attached hydrogens (tertiary/aromatic N) is 2. The molecule has 2 aliphatic rings. The zero-order valence-electron chi connectivity index (χ0n) is 11.6. The first-order chi connectivity index (χ1) is 9.36. The van der Waals surface area contributed by atoms with Gasteiger partial charge in [0.05, 0.1) is 6.04 Å². The van der Waals surface area contributed by atoms with Crippen LogP contribution in [-0.4, -0.2) is 29.9 Å². The second kappa shape index (κ2) is 6.01. The molecule has 2 unspecified atom stereocenters. The van der Waals surface area contributed by atoms with Gasteiger partial charge in [-0.25, -0.2) is 0 Å². The van der Waals surface area contributed by atoms with Crippen molar-refractivity contribution in [3.05, 3.63) is 11.7 Å². The smallest absolute Gasteiger partial charge is 0.243 e. The summed E-state index contributed by atoms with van der Waals surface area (Å²) in [4.78, 5) is 4.63. The third-order valence-electron chi connectivity index (χ3n) is 4.43. The highest BCUT2D eigenvalue weighted by molar-refractivity contribution is 5.00. The molecule has 0 amide bonds. The second-order valence-corrected chi connectivity index (χ2v) is 5.68. The summed E-state index contributed by atoms with van der Waals surface area (Å²) in [7, 11) is 0. The molecular formula is C14H23N3O2. The fourth-order valence-electron chi connectivity index (χ4n) is 3.07. The Labute approximate surface area is 114 Å². The molecule has 5 heteroatoms. The fraction of sp³-hybridized carbons (Fsp3) is 0.857. The van der Waals surface area contributed by atoms with Gasteiger partial charge in [-0.05, 0) is 38.1 Å². The average molecular weight is 265 g/mol. The van der Waals surface area contributed by atoms with Crippen LogP contribution >= 0.6 is 0 Å². The van der Waals surface area contributed by atoms with E-state index >= 15 is 0 Å². The van der Waals surface area contributed by atoms with E-state index in [0.29, 0.717) is 5.92 Å². The highest BCUT2D eigenvalue weighted by atomic mass is 16.5. The third kappa shape index (κ3) is 2.98. The largest absolute Gasteiger partial charge is 0.381 e. The van der Waals surface area contributed by atoms with Gasteiger partial charge < -0.3 is 14.6 Å². The molecule has 3 rings (SSSR count). The Hall–Kier alpha value is -0.940. The maximum Gasteiger partial charge on any atom is 0.243 e. The lowest BCUT2D eigenvalue weighted by atomic mass is 9.90. The maximum absolute atomic E-state index is 5.49. The normalized spacial score (nSPS) is 29.5. The Morgan fingerprint density at radius 2 is 2.11 bits per heavy atom. The number of rotatable bonds is 3. The molecule has 0 radical (unpaired) electrons. The van der Waals surface area contributed by atoms with Gasteiger partial charge in [0.15, 0.2) is 5.82 Å². The SMILES string of the molecule is CCC1CCNC(c2nc(C3CCOCC3)no2)C1. The lowest BCUT2D eigenvalue weighted by molar-refractivity contribution is 0.0830. The first-order valence-electron chi connectivity index (χ1n) is 7.51. The van der Waals surface area contributed by atoms with Crippen molar-refractivity contribution in [2.45, 2.75) is 51.0 Å². The van der Waals surface area contributed by atoms with Crippen molar-refractivity contribution in [1.82, 2.24) is 15.5 Å². The summed E-state index contributed by atoms with van der Waals surface area (Å²) < 4.78 is 10.9. The van der Waals surface area contributed by atoms with E-state index in [1.165, 1.54) is 12.8 Å². The number of piperidine rings is 1. The average Bonchev–Trinajstić information content (AvgIpc) is 2.98. The summed E-state index contributed by atoms with van der Waals surface area (Å²) in [5.41, 5.74) is 0. The van der Waals surface area contributed by atoms with Gasteiger partial charge in [-0.1, -0.05) is 18.5 Å². The van der Waals surface area contributed by atoms with Crippen molar-refractivity contribution in [3.8, 4) is 0 Å². The van der Waals surface area contributed by atoms with Crippen LogP contribution in [0.2, 0.25) is 0 Å². The van der Waals surface area contributed by atoms with Gasteiger partial charge in [0.2, 0.25) is 5.89 Å². The summed E-state index contributed by atoms with van der Waals surface area (Å²) in [5.74, 6) is 2.85. The monoisotopic (exact) mass is 265 g/mol. The van der Waals surface area contributed by atoms with Crippen LogP contribution in [0, 0.1) is 5.92 Å². The van der Waals surface area contributed by atoms with E-state index in [1.54, 1.807) is 0 Å². The van der Waals surface area contributed by atoms with E-state index in [2.05, 4.69) is 22.4 Å².